The van der Waals surface area contributed by atoms with Gasteiger partial charge in [-0.1, -0.05) is 34.3 Å². The first-order valence-corrected chi connectivity index (χ1v) is 18.7. The predicted molar refractivity (Wildman–Crippen MR) is 190 cm³/mol. The first kappa shape index (κ1) is 42.4. The van der Waals surface area contributed by atoms with Gasteiger partial charge in [0.1, 0.15) is 35.9 Å². The van der Waals surface area contributed by atoms with Crippen molar-refractivity contribution in [2.24, 2.45) is 34.5 Å². The fourth-order valence-corrected chi connectivity index (χ4v) is 10.3. The Morgan fingerprint density at radius 2 is 1.71 bits per heavy atom. The van der Waals surface area contributed by atoms with Crippen LogP contribution in [-0.2, 0) is 66.7 Å². The molecule has 2 saturated carbocycles. The normalized spacial score (nSPS) is 37.0. The van der Waals surface area contributed by atoms with Crippen molar-refractivity contribution in [3.05, 3.63) is 36.3 Å². The van der Waals surface area contributed by atoms with E-state index in [2.05, 4.69) is 6.58 Å². The second kappa shape index (κ2) is 15.3. The van der Waals surface area contributed by atoms with Gasteiger partial charge in [0.25, 0.3) is 0 Å². The minimum Gasteiger partial charge on any atom is -0.481 e. The SMILES string of the molecule is C=C1[C@@H]([C@@]2(C)[C@@H](OC(C)=O)CC(=O)O[C@](C)(COC(C)=O)[C@@H]2CC(=O)OC)[C@@H](C(=O)O)[C@H](OC(=O)[C@H](OC(C)=O)[C@H](C)CC)[C@]2(C)[C@@H](c3ccoc3)C[C@H]3O[C@]132. The molecule has 0 bridgehead atoms. The number of rotatable bonds is 13. The summed E-state index contributed by atoms with van der Waals surface area (Å²) in [6, 6.07) is 1.73. The molecule has 3 heterocycles. The number of cyclic esters (lactones) is 1. The molecule has 0 amide bonds. The van der Waals surface area contributed by atoms with Gasteiger partial charge in [-0.25, -0.2) is 4.79 Å². The van der Waals surface area contributed by atoms with Gasteiger partial charge in [0, 0.05) is 55.3 Å². The lowest BCUT2D eigenvalue weighted by atomic mass is 9.45. The Morgan fingerprint density at radius 1 is 1.04 bits per heavy atom. The van der Waals surface area contributed by atoms with Crippen LogP contribution >= 0.6 is 0 Å². The third kappa shape index (κ3) is 6.87. The van der Waals surface area contributed by atoms with E-state index in [0.29, 0.717) is 18.4 Å². The summed E-state index contributed by atoms with van der Waals surface area (Å²) in [4.78, 5) is 93.0. The molecule has 2 saturated heterocycles. The highest BCUT2D eigenvalue weighted by molar-refractivity contribution is 5.81. The van der Waals surface area contributed by atoms with Crippen molar-refractivity contribution in [3.8, 4) is 0 Å². The van der Waals surface area contributed by atoms with Crippen molar-refractivity contribution in [3.63, 3.8) is 0 Å². The van der Waals surface area contributed by atoms with Crippen LogP contribution in [0, 0.1) is 34.5 Å². The van der Waals surface area contributed by atoms with Gasteiger partial charge in [0.2, 0.25) is 6.10 Å². The molecule has 4 aliphatic rings. The van der Waals surface area contributed by atoms with Crippen molar-refractivity contribution in [1.29, 1.82) is 0 Å². The summed E-state index contributed by atoms with van der Waals surface area (Å²) in [6.07, 6.45) is -2.42. The molecule has 308 valence electrons. The van der Waals surface area contributed by atoms with Crippen LogP contribution in [0.2, 0.25) is 0 Å². The molecule has 1 spiro atoms. The molecule has 0 unspecified atom stereocenters. The van der Waals surface area contributed by atoms with E-state index in [4.69, 9.17) is 37.6 Å². The number of carbonyl (C=O) groups excluding carboxylic acids is 6. The number of furan rings is 1. The van der Waals surface area contributed by atoms with Gasteiger partial charge in [0.05, 0.1) is 38.6 Å². The van der Waals surface area contributed by atoms with Crippen LogP contribution in [0.1, 0.15) is 92.6 Å². The largest absolute Gasteiger partial charge is 0.481 e. The van der Waals surface area contributed by atoms with Crippen LogP contribution in [0.25, 0.3) is 0 Å². The van der Waals surface area contributed by atoms with Crippen molar-refractivity contribution in [2.75, 3.05) is 13.7 Å². The number of epoxide rings is 1. The van der Waals surface area contributed by atoms with Crippen LogP contribution in [0.5, 0.6) is 0 Å². The van der Waals surface area contributed by atoms with E-state index in [1.54, 1.807) is 33.8 Å². The van der Waals surface area contributed by atoms with Crippen molar-refractivity contribution in [2.45, 2.75) is 123 Å². The van der Waals surface area contributed by atoms with Crippen LogP contribution in [-0.4, -0.2) is 96.2 Å². The Labute approximate surface area is 324 Å². The maximum absolute atomic E-state index is 14.4. The maximum Gasteiger partial charge on any atom is 0.348 e. The Bertz CT molecular complexity index is 1770. The van der Waals surface area contributed by atoms with E-state index in [-0.39, 0.29) is 5.57 Å². The molecular weight excluding hydrogens is 736 g/mol. The second-order valence-corrected chi connectivity index (χ2v) is 16.2. The highest BCUT2D eigenvalue weighted by atomic mass is 16.6. The topological polar surface area (TPSA) is 221 Å². The average Bonchev–Trinajstić information content (AvgIpc) is 3.48. The van der Waals surface area contributed by atoms with E-state index in [9.17, 15) is 38.7 Å². The molecule has 0 aromatic carbocycles. The monoisotopic (exact) mass is 788 g/mol. The van der Waals surface area contributed by atoms with E-state index >= 15 is 0 Å². The minimum absolute atomic E-state index is 0.243. The molecule has 2 aliphatic carbocycles. The summed E-state index contributed by atoms with van der Waals surface area (Å²) in [5.74, 6) is -11.9. The molecule has 1 N–H and O–H groups in total. The van der Waals surface area contributed by atoms with Crippen LogP contribution in [0.15, 0.2) is 35.2 Å². The molecular formula is C40H52O16. The number of methoxy groups -OCH3 is 1. The summed E-state index contributed by atoms with van der Waals surface area (Å²) < 4.78 is 46.3. The van der Waals surface area contributed by atoms with Crippen molar-refractivity contribution < 1.29 is 76.2 Å². The molecule has 5 rings (SSSR count). The molecule has 16 nitrogen and oxygen atoms in total. The number of carbonyl (C=O) groups is 7. The second-order valence-electron chi connectivity index (χ2n) is 16.2. The van der Waals surface area contributed by atoms with Crippen LogP contribution in [0.4, 0.5) is 0 Å². The Morgan fingerprint density at radius 3 is 2.25 bits per heavy atom. The Balaban J connectivity index is 1.82. The first-order chi connectivity index (χ1) is 26.1. The number of hydrogen-bond donors (Lipinski definition) is 1. The summed E-state index contributed by atoms with van der Waals surface area (Å²) in [5, 5.41) is 11.5. The summed E-state index contributed by atoms with van der Waals surface area (Å²) in [5.41, 5.74) is -5.44. The number of ether oxygens (including phenoxy) is 7. The molecule has 2 aliphatic heterocycles. The van der Waals surface area contributed by atoms with Crippen molar-refractivity contribution >= 4 is 41.8 Å². The zero-order valence-corrected chi connectivity index (χ0v) is 33.2. The third-order valence-corrected chi connectivity index (χ3v) is 13.0. The number of aliphatic carboxylic acids is 1. The van der Waals surface area contributed by atoms with E-state index in [0.717, 1.165) is 27.9 Å². The molecule has 1 aromatic heterocycles. The van der Waals surface area contributed by atoms with Gasteiger partial charge in [-0.3, -0.25) is 28.8 Å². The maximum atomic E-state index is 14.4. The minimum atomic E-state index is -1.84. The number of esters is 6. The lowest BCUT2D eigenvalue weighted by Gasteiger charge is -2.59. The molecule has 16 heteroatoms. The van der Waals surface area contributed by atoms with Crippen LogP contribution in [0.3, 0.4) is 0 Å². The van der Waals surface area contributed by atoms with Gasteiger partial charge in [-0.05, 0) is 37.0 Å². The Kier molecular flexibility index (Phi) is 11.6. The lowest BCUT2D eigenvalue weighted by Crippen LogP contribution is -2.67. The van der Waals surface area contributed by atoms with E-state index in [1.165, 1.54) is 19.5 Å². The highest BCUT2D eigenvalue weighted by Gasteiger charge is 2.85. The quantitative estimate of drug-likeness (QED) is 0.129. The number of carboxylic acid groups (broad SMARTS) is 1. The molecule has 56 heavy (non-hydrogen) atoms. The fraction of sp³-hybridized carbons (Fsp3) is 0.675. The smallest absolute Gasteiger partial charge is 0.348 e. The van der Waals surface area contributed by atoms with Crippen LogP contribution < -0.4 is 0 Å². The van der Waals surface area contributed by atoms with Crippen molar-refractivity contribution in [1.82, 2.24) is 0 Å². The van der Waals surface area contributed by atoms with Gasteiger partial charge in [-0.15, -0.1) is 0 Å². The molecule has 1 aromatic rings. The zero-order chi connectivity index (χ0) is 41.7. The molecule has 0 radical (unpaired) electrons. The summed E-state index contributed by atoms with van der Waals surface area (Å²) >= 11 is 0. The Hall–Kier alpha value is -4.73. The van der Waals surface area contributed by atoms with Gasteiger partial charge >= 0.3 is 41.8 Å². The fourth-order valence-electron chi connectivity index (χ4n) is 10.3. The lowest BCUT2D eigenvalue weighted by molar-refractivity contribution is -0.214. The van der Waals surface area contributed by atoms with E-state index < -0.39 is 137 Å². The average molecular weight is 789 g/mol. The molecule has 13 atom stereocenters. The molecule has 4 fully saturated rings. The third-order valence-electron chi connectivity index (χ3n) is 13.0. The zero-order valence-electron chi connectivity index (χ0n) is 33.2. The number of hydrogen-bond acceptors (Lipinski definition) is 15. The van der Waals surface area contributed by atoms with E-state index in [1.807, 2.05) is 0 Å². The van der Waals surface area contributed by atoms with Gasteiger partial charge in [-0.2, -0.15) is 0 Å². The summed E-state index contributed by atoms with van der Waals surface area (Å²) in [6.45, 7) is 15.6. The first-order valence-electron chi connectivity index (χ1n) is 18.7. The number of carboxylic acids is 1. The standard InChI is InChI=1S/C40H52O16/c1-11-19(2)33(53-23(6)43)36(48)54-34-31(35(46)47)32(20(3)40-28(55-40)14-25(39(34,40)9)24-12-13-50-17-24)38(8)26(15-29(44)49-10)37(7,18-51-21(4)41)56-30(45)16-27(38)52-22(5)42/h12-13,17,19,25-28,31-34H,3,11,14-16,18H2,1-2,4-10H3,(H,46,47)/t19-,25-,26+,27+,28-,31-,32-,33-,34+,37-,38-,39+,40-/m1/s1. The highest BCUT2D eigenvalue weighted by Crippen LogP contribution is 2.77. The summed E-state index contributed by atoms with van der Waals surface area (Å²) in [7, 11) is 1.14. The van der Waals surface area contributed by atoms with Gasteiger partial charge < -0.3 is 42.7 Å². The predicted octanol–water partition coefficient (Wildman–Crippen LogP) is 4.07. The van der Waals surface area contributed by atoms with Gasteiger partial charge in [0.15, 0.2) is 0 Å².